The predicted octanol–water partition coefficient (Wildman–Crippen LogP) is 3.83. The second-order valence-corrected chi connectivity index (χ2v) is 6.59. The average Bonchev–Trinajstić information content (AvgIpc) is 3.36. The van der Waals surface area contributed by atoms with Crippen LogP contribution in [-0.2, 0) is 0 Å². The van der Waals surface area contributed by atoms with Gasteiger partial charge in [-0.2, -0.15) is 0 Å². The molecule has 3 heteroatoms. The summed E-state index contributed by atoms with van der Waals surface area (Å²) in [5.41, 5.74) is 3.16. The first-order valence-electron chi connectivity index (χ1n) is 8.34. The summed E-state index contributed by atoms with van der Waals surface area (Å²) in [5.74, 6) is 0.996. The van der Waals surface area contributed by atoms with E-state index in [9.17, 15) is 4.79 Å². The Balaban J connectivity index is 1.71. The van der Waals surface area contributed by atoms with E-state index in [-0.39, 0.29) is 5.91 Å². The molecule has 0 unspecified atom stereocenters. The van der Waals surface area contributed by atoms with Crippen molar-refractivity contribution in [3.05, 3.63) is 29.3 Å². The second kappa shape index (κ2) is 6.08. The van der Waals surface area contributed by atoms with Crippen LogP contribution in [0.1, 0.15) is 54.9 Å². The third-order valence-electron chi connectivity index (χ3n) is 4.44. The smallest absolute Gasteiger partial charge is 0.254 e. The molecule has 0 saturated heterocycles. The van der Waals surface area contributed by atoms with E-state index in [1.807, 2.05) is 12.1 Å². The fraction of sp³-hybridized carbons (Fsp3) is 0.611. The maximum atomic E-state index is 12.8. The number of anilines is 1. The van der Waals surface area contributed by atoms with Crippen molar-refractivity contribution in [3.63, 3.8) is 0 Å². The molecule has 2 aliphatic rings. The third kappa shape index (κ3) is 3.58. The molecule has 3 nitrogen and oxygen atoms in total. The van der Waals surface area contributed by atoms with Crippen molar-refractivity contribution in [2.24, 2.45) is 5.92 Å². The first-order valence-corrected chi connectivity index (χ1v) is 8.34. The van der Waals surface area contributed by atoms with Gasteiger partial charge in [0.2, 0.25) is 0 Å². The van der Waals surface area contributed by atoms with Crippen LogP contribution in [0, 0.1) is 12.8 Å². The van der Waals surface area contributed by atoms with Gasteiger partial charge >= 0.3 is 0 Å². The lowest BCUT2D eigenvalue weighted by atomic mass is 10.1. The Morgan fingerprint density at radius 2 is 2.05 bits per heavy atom. The minimum atomic E-state index is 0.231. The second-order valence-electron chi connectivity index (χ2n) is 6.59. The average molecular weight is 286 g/mol. The highest BCUT2D eigenvalue weighted by Crippen LogP contribution is 2.35. The van der Waals surface area contributed by atoms with Crippen LogP contribution in [-0.4, -0.2) is 29.9 Å². The van der Waals surface area contributed by atoms with Crippen LogP contribution in [0.4, 0.5) is 5.69 Å². The summed E-state index contributed by atoms with van der Waals surface area (Å²) in [5, 5.41) is 3.41. The lowest BCUT2D eigenvalue weighted by Gasteiger charge is -2.23. The van der Waals surface area contributed by atoms with Gasteiger partial charge < -0.3 is 10.2 Å². The van der Waals surface area contributed by atoms with E-state index in [4.69, 9.17) is 0 Å². The quantitative estimate of drug-likeness (QED) is 0.826. The number of aryl methyl sites for hydroxylation is 1. The largest absolute Gasteiger partial charge is 0.385 e. The summed E-state index contributed by atoms with van der Waals surface area (Å²) in [6.45, 7) is 6.19. The molecule has 114 valence electrons. The summed E-state index contributed by atoms with van der Waals surface area (Å²) < 4.78 is 0. The minimum Gasteiger partial charge on any atom is -0.385 e. The zero-order valence-corrected chi connectivity index (χ0v) is 13.2. The van der Waals surface area contributed by atoms with Crippen molar-refractivity contribution in [2.45, 2.75) is 52.0 Å². The molecule has 0 aliphatic heterocycles. The van der Waals surface area contributed by atoms with Gasteiger partial charge in [0, 0.05) is 30.4 Å². The maximum absolute atomic E-state index is 12.8. The zero-order chi connectivity index (χ0) is 14.8. The lowest BCUT2D eigenvalue weighted by molar-refractivity contribution is 0.0734. The van der Waals surface area contributed by atoms with Crippen molar-refractivity contribution in [3.8, 4) is 0 Å². The topological polar surface area (TPSA) is 32.3 Å². The van der Waals surface area contributed by atoms with Crippen molar-refractivity contribution in [2.75, 3.05) is 18.4 Å². The number of hydrogen-bond acceptors (Lipinski definition) is 2. The molecule has 0 atom stereocenters. The molecule has 1 aromatic carbocycles. The highest BCUT2D eigenvalue weighted by molar-refractivity contribution is 5.95. The molecule has 2 aliphatic carbocycles. The van der Waals surface area contributed by atoms with Crippen LogP contribution in [0.2, 0.25) is 0 Å². The molecule has 1 aromatic rings. The van der Waals surface area contributed by atoms with E-state index in [0.29, 0.717) is 6.04 Å². The van der Waals surface area contributed by atoms with Crippen molar-refractivity contribution < 1.29 is 4.79 Å². The predicted molar refractivity (Wildman–Crippen MR) is 86.7 cm³/mol. The molecule has 21 heavy (non-hydrogen) atoms. The molecule has 2 fully saturated rings. The van der Waals surface area contributed by atoms with E-state index in [1.165, 1.54) is 25.7 Å². The molecule has 2 saturated carbocycles. The highest BCUT2D eigenvalue weighted by atomic mass is 16.2. The molecular weight excluding hydrogens is 260 g/mol. The van der Waals surface area contributed by atoms with Gasteiger partial charge in [-0.05, 0) is 68.7 Å². The van der Waals surface area contributed by atoms with Crippen LogP contribution in [0.25, 0.3) is 0 Å². The normalized spacial score (nSPS) is 17.6. The molecule has 1 amide bonds. The van der Waals surface area contributed by atoms with Gasteiger partial charge in [0.15, 0.2) is 0 Å². The van der Waals surface area contributed by atoms with Crippen LogP contribution >= 0.6 is 0 Å². The van der Waals surface area contributed by atoms with Crippen LogP contribution in [0.15, 0.2) is 18.2 Å². The standard InChI is InChI=1S/C18H26N2O/c1-3-10-19-17-9-6-15(11-13(17)2)18(21)20(16-7-8-16)12-14-4-5-14/h6,9,11,14,16,19H,3-5,7-8,10,12H2,1-2H3. The zero-order valence-electron chi connectivity index (χ0n) is 13.2. The summed E-state index contributed by atoms with van der Waals surface area (Å²) in [7, 11) is 0. The summed E-state index contributed by atoms with van der Waals surface area (Å²) >= 11 is 0. The number of nitrogens with zero attached hydrogens (tertiary/aromatic N) is 1. The number of carbonyl (C=O) groups excluding carboxylic acids is 1. The van der Waals surface area contributed by atoms with Gasteiger partial charge in [0.1, 0.15) is 0 Å². The Morgan fingerprint density at radius 3 is 2.62 bits per heavy atom. The van der Waals surface area contributed by atoms with Gasteiger partial charge in [-0.1, -0.05) is 6.92 Å². The summed E-state index contributed by atoms with van der Waals surface area (Å²) in [6.07, 6.45) is 6.09. The number of benzene rings is 1. The summed E-state index contributed by atoms with van der Waals surface area (Å²) in [6, 6.07) is 6.59. The van der Waals surface area contributed by atoms with E-state index >= 15 is 0 Å². The van der Waals surface area contributed by atoms with Gasteiger partial charge in [-0.15, -0.1) is 0 Å². The van der Waals surface area contributed by atoms with Crippen molar-refractivity contribution >= 4 is 11.6 Å². The van der Waals surface area contributed by atoms with Crippen LogP contribution in [0.3, 0.4) is 0 Å². The van der Waals surface area contributed by atoms with E-state index < -0.39 is 0 Å². The lowest BCUT2D eigenvalue weighted by Crippen LogP contribution is -2.35. The van der Waals surface area contributed by atoms with Crippen LogP contribution in [0.5, 0.6) is 0 Å². The Kier molecular flexibility index (Phi) is 4.18. The summed E-state index contributed by atoms with van der Waals surface area (Å²) in [4.78, 5) is 14.9. The molecule has 1 N–H and O–H groups in total. The first-order chi connectivity index (χ1) is 10.2. The fourth-order valence-corrected chi connectivity index (χ4v) is 2.78. The van der Waals surface area contributed by atoms with Crippen molar-refractivity contribution in [1.29, 1.82) is 0 Å². The highest BCUT2D eigenvalue weighted by Gasteiger charge is 2.36. The Bertz CT molecular complexity index is 518. The first kappa shape index (κ1) is 14.4. The van der Waals surface area contributed by atoms with E-state index in [2.05, 4.69) is 30.1 Å². The number of carbonyl (C=O) groups is 1. The van der Waals surface area contributed by atoms with E-state index in [0.717, 1.165) is 42.2 Å². The van der Waals surface area contributed by atoms with Gasteiger partial charge in [-0.25, -0.2) is 0 Å². The molecule has 3 rings (SSSR count). The molecule has 0 bridgehead atoms. The van der Waals surface area contributed by atoms with Crippen molar-refractivity contribution in [1.82, 2.24) is 4.90 Å². The number of nitrogens with one attached hydrogen (secondary N) is 1. The Labute approximate surface area is 127 Å². The molecule has 0 radical (unpaired) electrons. The number of rotatable bonds is 7. The molecule has 0 spiro atoms. The Morgan fingerprint density at radius 1 is 1.29 bits per heavy atom. The maximum Gasteiger partial charge on any atom is 0.254 e. The number of amides is 1. The minimum absolute atomic E-state index is 0.231. The van der Waals surface area contributed by atoms with Gasteiger partial charge in [0.25, 0.3) is 5.91 Å². The third-order valence-corrected chi connectivity index (χ3v) is 4.44. The molecular formula is C18H26N2O. The van der Waals surface area contributed by atoms with Gasteiger partial charge in [0.05, 0.1) is 0 Å². The van der Waals surface area contributed by atoms with Crippen LogP contribution < -0.4 is 5.32 Å². The molecule has 0 aromatic heterocycles. The molecule has 0 heterocycles. The SMILES string of the molecule is CCCNc1ccc(C(=O)N(CC2CC2)C2CC2)cc1C. The number of hydrogen-bond donors (Lipinski definition) is 1. The Hall–Kier alpha value is -1.51. The van der Waals surface area contributed by atoms with E-state index in [1.54, 1.807) is 0 Å². The van der Waals surface area contributed by atoms with Gasteiger partial charge in [-0.3, -0.25) is 4.79 Å². The fourth-order valence-electron chi connectivity index (χ4n) is 2.78. The monoisotopic (exact) mass is 286 g/mol.